The molecule has 0 aromatic carbocycles. The Hall–Kier alpha value is -1.09. The van der Waals surface area contributed by atoms with E-state index in [1.807, 2.05) is 12.3 Å². The topological polar surface area (TPSA) is 28.2 Å². The second-order valence-electron chi connectivity index (χ2n) is 4.57. The molecule has 0 atom stereocenters. The van der Waals surface area contributed by atoms with E-state index in [0.717, 1.165) is 24.8 Å². The molecule has 3 heteroatoms. The molecule has 1 N–H and O–H groups in total. The molecule has 16 heavy (non-hydrogen) atoms. The number of hydrogen-bond donors (Lipinski definition) is 1. The zero-order valence-electron chi connectivity index (χ0n) is 10.2. The van der Waals surface area contributed by atoms with Gasteiger partial charge in [0, 0.05) is 31.0 Å². The third-order valence-electron chi connectivity index (χ3n) is 3.31. The first-order valence-electron chi connectivity index (χ1n) is 6.18. The van der Waals surface area contributed by atoms with E-state index >= 15 is 0 Å². The Morgan fingerprint density at radius 1 is 1.50 bits per heavy atom. The van der Waals surface area contributed by atoms with Crippen LogP contribution in [0, 0.1) is 0 Å². The SMILES string of the molecule is CCNc1ccnc(CN(C)C2CCC2)c1. The van der Waals surface area contributed by atoms with Crippen molar-refractivity contribution in [2.24, 2.45) is 0 Å². The number of hydrogen-bond acceptors (Lipinski definition) is 3. The van der Waals surface area contributed by atoms with Gasteiger partial charge < -0.3 is 5.32 Å². The maximum atomic E-state index is 4.42. The highest BCUT2D eigenvalue weighted by molar-refractivity contribution is 5.42. The van der Waals surface area contributed by atoms with E-state index in [1.54, 1.807) is 0 Å². The molecule has 0 spiro atoms. The van der Waals surface area contributed by atoms with Gasteiger partial charge in [-0.15, -0.1) is 0 Å². The highest BCUT2D eigenvalue weighted by atomic mass is 15.1. The Bertz CT molecular complexity index is 334. The van der Waals surface area contributed by atoms with Crippen LogP contribution < -0.4 is 5.32 Å². The summed E-state index contributed by atoms with van der Waals surface area (Å²) in [6.07, 6.45) is 5.98. The smallest absolute Gasteiger partial charge is 0.0564 e. The molecule has 2 rings (SSSR count). The number of aromatic nitrogens is 1. The standard InChI is InChI=1S/C13H21N3/c1-3-14-11-7-8-15-12(9-11)10-16(2)13-5-4-6-13/h7-9,13H,3-6,10H2,1-2H3,(H,14,15). The molecule has 0 radical (unpaired) electrons. The van der Waals surface area contributed by atoms with Crippen molar-refractivity contribution in [3.05, 3.63) is 24.0 Å². The second-order valence-corrected chi connectivity index (χ2v) is 4.57. The van der Waals surface area contributed by atoms with Gasteiger partial charge in [-0.25, -0.2) is 0 Å². The zero-order chi connectivity index (χ0) is 11.4. The van der Waals surface area contributed by atoms with Crippen LogP contribution in [0.25, 0.3) is 0 Å². The fraction of sp³-hybridized carbons (Fsp3) is 0.615. The molecule has 1 aliphatic rings. The Balaban J connectivity index is 1.94. The highest BCUT2D eigenvalue weighted by Crippen LogP contribution is 2.24. The monoisotopic (exact) mass is 219 g/mol. The van der Waals surface area contributed by atoms with Crippen molar-refractivity contribution in [3.8, 4) is 0 Å². The maximum absolute atomic E-state index is 4.42. The Labute approximate surface area is 97.9 Å². The molecule has 0 saturated heterocycles. The summed E-state index contributed by atoms with van der Waals surface area (Å²) < 4.78 is 0. The van der Waals surface area contributed by atoms with Crippen LogP contribution >= 0.6 is 0 Å². The Morgan fingerprint density at radius 3 is 2.94 bits per heavy atom. The average Bonchev–Trinajstić information content (AvgIpc) is 2.15. The van der Waals surface area contributed by atoms with Crippen molar-refractivity contribution in [2.45, 2.75) is 38.8 Å². The summed E-state index contributed by atoms with van der Waals surface area (Å²) in [5, 5.41) is 3.32. The van der Waals surface area contributed by atoms with E-state index in [-0.39, 0.29) is 0 Å². The Morgan fingerprint density at radius 2 is 2.31 bits per heavy atom. The van der Waals surface area contributed by atoms with Gasteiger partial charge in [0.25, 0.3) is 0 Å². The minimum absolute atomic E-state index is 0.782. The summed E-state index contributed by atoms with van der Waals surface area (Å²) >= 11 is 0. The summed E-state index contributed by atoms with van der Waals surface area (Å²) in [7, 11) is 2.20. The van der Waals surface area contributed by atoms with Crippen molar-refractivity contribution >= 4 is 5.69 Å². The second kappa shape index (κ2) is 5.30. The highest BCUT2D eigenvalue weighted by Gasteiger charge is 2.21. The molecular formula is C13H21N3. The van der Waals surface area contributed by atoms with Gasteiger partial charge in [-0.3, -0.25) is 9.88 Å². The maximum Gasteiger partial charge on any atom is 0.0564 e. The molecule has 1 aromatic rings. The van der Waals surface area contributed by atoms with Crippen molar-refractivity contribution in [3.63, 3.8) is 0 Å². The normalized spacial score (nSPS) is 16.2. The summed E-state index contributed by atoms with van der Waals surface area (Å²) in [6, 6.07) is 4.96. The average molecular weight is 219 g/mol. The third-order valence-corrected chi connectivity index (χ3v) is 3.31. The van der Waals surface area contributed by atoms with Crippen LogP contribution in [0.1, 0.15) is 31.9 Å². The molecule has 3 nitrogen and oxygen atoms in total. The molecule has 1 saturated carbocycles. The van der Waals surface area contributed by atoms with Crippen LogP contribution in [-0.2, 0) is 6.54 Å². The minimum atomic E-state index is 0.782. The van der Waals surface area contributed by atoms with E-state index in [2.05, 4.69) is 35.2 Å². The fourth-order valence-corrected chi connectivity index (χ4v) is 2.09. The number of pyridine rings is 1. The molecule has 1 aromatic heterocycles. The quantitative estimate of drug-likeness (QED) is 0.824. The molecule has 1 heterocycles. The van der Waals surface area contributed by atoms with Gasteiger partial charge >= 0.3 is 0 Å². The molecule has 0 aliphatic heterocycles. The zero-order valence-corrected chi connectivity index (χ0v) is 10.2. The van der Waals surface area contributed by atoms with E-state index in [4.69, 9.17) is 0 Å². The van der Waals surface area contributed by atoms with Crippen LogP contribution in [0.2, 0.25) is 0 Å². The van der Waals surface area contributed by atoms with Crippen molar-refractivity contribution in [1.29, 1.82) is 0 Å². The first-order chi connectivity index (χ1) is 7.79. The lowest BCUT2D eigenvalue weighted by atomic mass is 9.92. The van der Waals surface area contributed by atoms with Crippen molar-refractivity contribution < 1.29 is 0 Å². The summed E-state index contributed by atoms with van der Waals surface area (Å²) in [5.74, 6) is 0. The summed E-state index contributed by atoms with van der Waals surface area (Å²) in [5.41, 5.74) is 2.34. The van der Waals surface area contributed by atoms with Crippen LogP contribution in [0.4, 0.5) is 5.69 Å². The van der Waals surface area contributed by atoms with E-state index in [0.29, 0.717) is 0 Å². The first-order valence-corrected chi connectivity index (χ1v) is 6.18. The predicted molar refractivity (Wildman–Crippen MR) is 67.5 cm³/mol. The van der Waals surface area contributed by atoms with Crippen molar-refractivity contribution in [1.82, 2.24) is 9.88 Å². The van der Waals surface area contributed by atoms with Crippen LogP contribution in [0.15, 0.2) is 18.3 Å². The molecule has 1 fully saturated rings. The van der Waals surface area contributed by atoms with Gasteiger partial charge in [0.2, 0.25) is 0 Å². The molecular weight excluding hydrogens is 198 g/mol. The lowest BCUT2D eigenvalue weighted by Crippen LogP contribution is -2.36. The van der Waals surface area contributed by atoms with Crippen LogP contribution in [0.5, 0.6) is 0 Å². The number of nitrogens with one attached hydrogen (secondary N) is 1. The van der Waals surface area contributed by atoms with Gasteiger partial charge in [-0.05, 0) is 38.9 Å². The van der Waals surface area contributed by atoms with Gasteiger partial charge in [-0.2, -0.15) is 0 Å². The lowest BCUT2D eigenvalue weighted by Gasteiger charge is -2.34. The molecule has 0 amide bonds. The van der Waals surface area contributed by atoms with Gasteiger partial charge in [0.05, 0.1) is 5.69 Å². The van der Waals surface area contributed by atoms with E-state index < -0.39 is 0 Å². The van der Waals surface area contributed by atoms with Crippen LogP contribution in [0.3, 0.4) is 0 Å². The van der Waals surface area contributed by atoms with Gasteiger partial charge in [0.15, 0.2) is 0 Å². The molecule has 0 bridgehead atoms. The molecule has 1 aliphatic carbocycles. The first kappa shape index (κ1) is 11.4. The molecule has 0 unspecified atom stereocenters. The van der Waals surface area contributed by atoms with E-state index in [1.165, 1.54) is 24.9 Å². The van der Waals surface area contributed by atoms with Gasteiger partial charge in [-0.1, -0.05) is 6.42 Å². The van der Waals surface area contributed by atoms with Gasteiger partial charge in [0.1, 0.15) is 0 Å². The Kier molecular flexibility index (Phi) is 3.78. The minimum Gasteiger partial charge on any atom is -0.385 e. The third kappa shape index (κ3) is 2.73. The summed E-state index contributed by atoms with van der Waals surface area (Å²) in [4.78, 5) is 6.84. The van der Waals surface area contributed by atoms with Crippen LogP contribution in [-0.4, -0.2) is 29.5 Å². The number of anilines is 1. The number of nitrogens with zero attached hydrogens (tertiary/aromatic N) is 2. The largest absolute Gasteiger partial charge is 0.385 e. The number of rotatable bonds is 5. The summed E-state index contributed by atoms with van der Waals surface area (Å²) in [6.45, 7) is 4.03. The van der Waals surface area contributed by atoms with Crippen molar-refractivity contribution in [2.75, 3.05) is 18.9 Å². The molecule has 88 valence electrons. The predicted octanol–water partition coefficient (Wildman–Crippen LogP) is 2.50. The fourth-order valence-electron chi connectivity index (χ4n) is 2.09. The van der Waals surface area contributed by atoms with E-state index in [9.17, 15) is 0 Å². The lowest BCUT2D eigenvalue weighted by molar-refractivity contribution is 0.151.